The number of para-hydroxylation sites is 1. The van der Waals surface area contributed by atoms with Crippen LogP contribution >= 0.6 is 0 Å². The van der Waals surface area contributed by atoms with E-state index >= 15 is 0 Å². The van der Waals surface area contributed by atoms with Crippen molar-refractivity contribution in [3.63, 3.8) is 0 Å². The Bertz CT molecular complexity index is 565. The monoisotopic (exact) mass is 264 g/mol. The number of nitrogens with zero attached hydrogens (tertiary/aromatic N) is 2. The lowest BCUT2D eigenvalue weighted by molar-refractivity contribution is 0.177. The molecule has 1 aromatic carbocycles. The number of halogens is 1. The Morgan fingerprint density at radius 3 is 2.79 bits per heavy atom. The minimum atomic E-state index is -0.475. The van der Waals surface area contributed by atoms with Crippen molar-refractivity contribution in [1.29, 1.82) is 0 Å². The third kappa shape index (κ3) is 3.36. The van der Waals surface area contributed by atoms with Gasteiger partial charge in [0.2, 0.25) is 5.88 Å². The summed E-state index contributed by atoms with van der Waals surface area (Å²) in [7, 11) is 1.52. The van der Waals surface area contributed by atoms with Crippen LogP contribution in [0.5, 0.6) is 11.6 Å². The second kappa shape index (κ2) is 6.07. The van der Waals surface area contributed by atoms with Crippen LogP contribution in [0, 0.1) is 5.82 Å². The van der Waals surface area contributed by atoms with E-state index in [0.717, 1.165) is 0 Å². The standard InChI is InChI=1S/C12H13FN4O2/c1-18-7-11-15-10(17-14)6-12(16-11)19-9-5-3-2-4-8(9)13/h2-6H,7,14H2,1H3,(H,15,16,17). The fourth-order valence-electron chi connectivity index (χ4n) is 1.43. The summed E-state index contributed by atoms with van der Waals surface area (Å²) in [5, 5.41) is 0. The SMILES string of the molecule is COCc1nc(NN)cc(Oc2ccccc2F)n1. The highest BCUT2D eigenvalue weighted by Crippen LogP contribution is 2.24. The summed E-state index contributed by atoms with van der Waals surface area (Å²) < 4.78 is 23.8. The van der Waals surface area contributed by atoms with Crippen LogP contribution in [0.1, 0.15) is 5.82 Å². The van der Waals surface area contributed by atoms with Gasteiger partial charge < -0.3 is 14.9 Å². The number of nitrogens with one attached hydrogen (secondary N) is 1. The second-order valence-corrected chi connectivity index (χ2v) is 3.62. The first-order valence-corrected chi connectivity index (χ1v) is 5.49. The molecule has 7 heteroatoms. The summed E-state index contributed by atoms with van der Waals surface area (Å²) in [6, 6.07) is 7.51. The van der Waals surface area contributed by atoms with E-state index < -0.39 is 5.82 Å². The molecule has 0 radical (unpaired) electrons. The molecule has 19 heavy (non-hydrogen) atoms. The van der Waals surface area contributed by atoms with E-state index in [2.05, 4.69) is 15.4 Å². The van der Waals surface area contributed by atoms with Gasteiger partial charge in [-0.2, -0.15) is 4.98 Å². The molecule has 0 aliphatic rings. The average Bonchev–Trinajstić information content (AvgIpc) is 2.41. The minimum Gasteiger partial charge on any atom is -0.436 e. The summed E-state index contributed by atoms with van der Waals surface area (Å²) in [6.07, 6.45) is 0. The zero-order valence-corrected chi connectivity index (χ0v) is 10.3. The van der Waals surface area contributed by atoms with E-state index in [4.69, 9.17) is 15.3 Å². The Hall–Kier alpha value is -2.25. The molecule has 0 atom stereocenters. The fourth-order valence-corrected chi connectivity index (χ4v) is 1.43. The highest BCUT2D eigenvalue weighted by atomic mass is 19.1. The molecule has 0 spiro atoms. The molecule has 0 aliphatic heterocycles. The molecule has 0 saturated heterocycles. The van der Waals surface area contributed by atoms with Crippen LogP contribution in [0.4, 0.5) is 10.2 Å². The maximum atomic E-state index is 13.5. The summed E-state index contributed by atoms with van der Waals surface area (Å²) >= 11 is 0. The fraction of sp³-hybridized carbons (Fsp3) is 0.167. The van der Waals surface area contributed by atoms with E-state index in [-0.39, 0.29) is 18.2 Å². The zero-order chi connectivity index (χ0) is 13.7. The first-order chi connectivity index (χ1) is 9.22. The van der Waals surface area contributed by atoms with Gasteiger partial charge >= 0.3 is 0 Å². The Morgan fingerprint density at radius 1 is 1.32 bits per heavy atom. The van der Waals surface area contributed by atoms with Crippen molar-refractivity contribution in [1.82, 2.24) is 9.97 Å². The molecule has 0 aliphatic carbocycles. The van der Waals surface area contributed by atoms with Gasteiger partial charge in [-0.1, -0.05) is 12.1 Å². The highest BCUT2D eigenvalue weighted by molar-refractivity contribution is 5.39. The van der Waals surface area contributed by atoms with Crippen LogP contribution in [-0.2, 0) is 11.3 Å². The lowest BCUT2D eigenvalue weighted by Gasteiger charge is -2.09. The van der Waals surface area contributed by atoms with Crippen LogP contribution < -0.4 is 16.0 Å². The topological polar surface area (TPSA) is 82.3 Å². The van der Waals surface area contributed by atoms with Crippen LogP contribution in [0.2, 0.25) is 0 Å². The van der Waals surface area contributed by atoms with E-state index in [1.54, 1.807) is 12.1 Å². The predicted octanol–water partition coefficient (Wildman–Crippen LogP) is 1.84. The molecule has 0 unspecified atom stereocenters. The maximum Gasteiger partial charge on any atom is 0.224 e. The Kier molecular flexibility index (Phi) is 4.22. The van der Waals surface area contributed by atoms with Crippen molar-refractivity contribution in [2.24, 2.45) is 5.84 Å². The van der Waals surface area contributed by atoms with Crippen molar-refractivity contribution in [2.75, 3.05) is 12.5 Å². The van der Waals surface area contributed by atoms with E-state index in [1.807, 2.05) is 0 Å². The number of rotatable bonds is 5. The number of hydrazine groups is 1. The number of ether oxygens (including phenoxy) is 2. The maximum absolute atomic E-state index is 13.5. The van der Waals surface area contributed by atoms with E-state index in [1.165, 1.54) is 25.3 Å². The lowest BCUT2D eigenvalue weighted by Crippen LogP contribution is -2.11. The van der Waals surface area contributed by atoms with Gasteiger partial charge in [0, 0.05) is 13.2 Å². The normalized spacial score (nSPS) is 10.3. The Balaban J connectivity index is 2.29. The molecule has 0 amide bonds. The average molecular weight is 264 g/mol. The van der Waals surface area contributed by atoms with Crippen molar-refractivity contribution in [3.8, 4) is 11.6 Å². The number of aromatic nitrogens is 2. The number of anilines is 1. The van der Waals surface area contributed by atoms with Crippen molar-refractivity contribution < 1.29 is 13.9 Å². The number of hydrogen-bond acceptors (Lipinski definition) is 6. The van der Waals surface area contributed by atoms with Crippen molar-refractivity contribution in [2.45, 2.75) is 6.61 Å². The van der Waals surface area contributed by atoms with E-state index in [0.29, 0.717) is 11.6 Å². The first kappa shape index (κ1) is 13.2. The zero-order valence-electron chi connectivity index (χ0n) is 10.3. The van der Waals surface area contributed by atoms with Gasteiger partial charge in [-0.05, 0) is 12.1 Å². The molecular weight excluding hydrogens is 251 g/mol. The first-order valence-electron chi connectivity index (χ1n) is 5.49. The van der Waals surface area contributed by atoms with E-state index in [9.17, 15) is 4.39 Å². The Labute approximate surface area is 109 Å². The minimum absolute atomic E-state index is 0.0764. The van der Waals surface area contributed by atoms with Crippen LogP contribution in [-0.4, -0.2) is 17.1 Å². The molecule has 3 N–H and O–H groups in total. The van der Waals surface area contributed by atoms with Crippen molar-refractivity contribution in [3.05, 3.63) is 42.0 Å². The predicted molar refractivity (Wildman–Crippen MR) is 67.0 cm³/mol. The summed E-state index contributed by atoms with van der Waals surface area (Å²) in [5.41, 5.74) is 2.39. The van der Waals surface area contributed by atoms with Crippen molar-refractivity contribution >= 4 is 5.82 Å². The number of nitrogens with two attached hydrogens (primary N) is 1. The highest BCUT2D eigenvalue weighted by Gasteiger charge is 2.08. The Morgan fingerprint density at radius 2 is 2.11 bits per heavy atom. The van der Waals surface area contributed by atoms with Gasteiger partial charge in [0.25, 0.3) is 0 Å². The second-order valence-electron chi connectivity index (χ2n) is 3.62. The molecule has 2 rings (SSSR count). The molecule has 100 valence electrons. The van der Waals surface area contributed by atoms with Crippen LogP contribution in [0.25, 0.3) is 0 Å². The number of hydrogen-bond donors (Lipinski definition) is 2. The summed E-state index contributed by atoms with van der Waals surface area (Å²) in [5.74, 6) is 5.81. The molecule has 1 aromatic heterocycles. The van der Waals surface area contributed by atoms with Gasteiger partial charge in [0.05, 0.1) is 0 Å². The van der Waals surface area contributed by atoms with Crippen LogP contribution in [0.15, 0.2) is 30.3 Å². The number of nitrogen functional groups attached to an aromatic ring is 1. The molecular formula is C12H13FN4O2. The lowest BCUT2D eigenvalue weighted by atomic mass is 10.3. The summed E-state index contributed by atoms with van der Waals surface area (Å²) in [4.78, 5) is 8.15. The molecule has 1 heterocycles. The van der Waals surface area contributed by atoms with Gasteiger partial charge in [-0.3, -0.25) is 0 Å². The molecule has 0 saturated carbocycles. The van der Waals surface area contributed by atoms with Gasteiger partial charge in [0.15, 0.2) is 17.4 Å². The molecule has 0 fully saturated rings. The quantitative estimate of drug-likeness (QED) is 0.633. The largest absolute Gasteiger partial charge is 0.436 e. The van der Waals surface area contributed by atoms with Gasteiger partial charge in [0.1, 0.15) is 12.4 Å². The smallest absolute Gasteiger partial charge is 0.224 e. The third-order valence-corrected chi connectivity index (χ3v) is 2.22. The third-order valence-electron chi connectivity index (χ3n) is 2.22. The summed E-state index contributed by atoms with van der Waals surface area (Å²) in [6.45, 7) is 0.198. The molecule has 0 bridgehead atoms. The number of benzene rings is 1. The van der Waals surface area contributed by atoms with Gasteiger partial charge in [-0.15, -0.1) is 0 Å². The molecule has 2 aromatic rings. The van der Waals surface area contributed by atoms with Gasteiger partial charge in [-0.25, -0.2) is 15.2 Å². The van der Waals surface area contributed by atoms with Crippen LogP contribution in [0.3, 0.4) is 0 Å². The number of methoxy groups -OCH3 is 1. The molecule has 6 nitrogen and oxygen atoms in total.